The average molecular weight is 263 g/mol. The van der Waals surface area contributed by atoms with Gasteiger partial charge in [0.2, 0.25) is 0 Å². The number of carboxylic acid groups (broad SMARTS) is 1. The molecule has 102 valence electrons. The van der Waals surface area contributed by atoms with Gasteiger partial charge < -0.3 is 15.2 Å². The quantitative estimate of drug-likeness (QED) is 0.871. The fourth-order valence-corrected chi connectivity index (χ4v) is 2.10. The Morgan fingerprint density at radius 3 is 2.68 bits per heavy atom. The van der Waals surface area contributed by atoms with Crippen molar-refractivity contribution in [2.24, 2.45) is 0 Å². The lowest BCUT2D eigenvalue weighted by Crippen LogP contribution is -2.38. The minimum absolute atomic E-state index is 0.0147. The summed E-state index contributed by atoms with van der Waals surface area (Å²) in [5, 5.41) is 11.2. The van der Waals surface area contributed by atoms with Crippen LogP contribution in [0.2, 0.25) is 0 Å². The maximum Gasteiger partial charge on any atom is 0.325 e. The second-order valence-electron chi connectivity index (χ2n) is 4.87. The van der Waals surface area contributed by atoms with Gasteiger partial charge in [0.1, 0.15) is 17.9 Å². The second kappa shape index (κ2) is 4.91. The highest BCUT2D eigenvalue weighted by Crippen LogP contribution is 2.40. The molecule has 1 aliphatic heterocycles. The van der Waals surface area contributed by atoms with E-state index < -0.39 is 17.9 Å². The van der Waals surface area contributed by atoms with Crippen molar-refractivity contribution < 1.29 is 19.4 Å². The van der Waals surface area contributed by atoms with Crippen molar-refractivity contribution >= 4 is 11.9 Å². The smallest absolute Gasteiger partial charge is 0.325 e. The topological polar surface area (TPSA) is 75.6 Å². The molecule has 1 heterocycles. The molecular weight excluding hydrogens is 246 g/mol. The zero-order chi connectivity index (χ0) is 14.2. The molecule has 0 bridgehead atoms. The van der Waals surface area contributed by atoms with Crippen molar-refractivity contribution in [2.75, 3.05) is 0 Å². The van der Waals surface area contributed by atoms with Gasteiger partial charge in [0.15, 0.2) is 0 Å². The van der Waals surface area contributed by atoms with Crippen LogP contribution in [0.3, 0.4) is 0 Å². The van der Waals surface area contributed by atoms with Gasteiger partial charge in [-0.2, -0.15) is 0 Å². The highest BCUT2D eigenvalue weighted by atomic mass is 16.5. The Hall–Kier alpha value is -2.04. The van der Waals surface area contributed by atoms with Crippen LogP contribution in [-0.4, -0.2) is 29.1 Å². The van der Waals surface area contributed by atoms with Crippen molar-refractivity contribution in [3.63, 3.8) is 0 Å². The van der Waals surface area contributed by atoms with Crippen LogP contribution in [0.25, 0.3) is 0 Å². The summed E-state index contributed by atoms with van der Waals surface area (Å²) in [7, 11) is 0. The van der Waals surface area contributed by atoms with Gasteiger partial charge >= 0.3 is 5.97 Å². The summed E-state index contributed by atoms with van der Waals surface area (Å²) in [6.07, 6.45) is 0.0147. The Morgan fingerprint density at radius 2 is 2.05 bits per heavy atom. The molecular formula is C14H17NO4. The summed E-state index contributed by atoms with van der Waals surface area (Å²) in [5.74, 6) is -0.700. The lowest BCUT2D eigenvalue weighted by molar-refractivity contribution is -0.138. The molecule has 3 atom stereocenters. The highest BCUT2D eigenvalue weighted by Gasteiger charge is 2.31. The van der Waals surface area contributed by atoms with Crippen molar-refractivity contribution in [3.8, 4) is 5.75 Å². The minimum Gasteiger partial charge on any atom is -0.489 e. The maximum absolute atomic E-state index is 12.1. The van der Waals surface area contributed by atoms with Gasteiger partial charge in [0.25, 0.3) is 5.91 Å². The molecule has 1 aromatic carbocycles. The molecule has 1 aliphatic rings. The number of carboxylic acids is 1. The normalized spacial score (nSPS) is 22.3. The van der Waals surface area contributed by atoms with Crippen LogP contribution < -0.4 is 10.1 Å². The molecule has 5 heteroatoms. The van der Waals surface area contributed by atoms with E-state index in [0.29, 0.717) is 11.3 Å². The number of benzene rings is 1. The van der Waals surface area contributed by atoms with Crippen LogP contribution >= 0.6 is 0 Å². The van der Waals surface area contributed by atoms with Crippen molar-refractivity contribution in [2.45, 2.75) is 38.8 Å². The average Bonchev–Trinajstić information content (AvgIpc) is 2.65. The van der Waals surface area contributed by atoms with Gasteiger partial charge in [-0.15, -0.1) is 0 Å². The predicted molar refractivity (Wildman–Crippen MR) is 69.5 cm³/mol. The number of nitrogens with one attached hydrogen (secondary N) is 1. The Labute approximate surface area is 111 Å². The summed E-state index contributed by atoms with van der Waals surface area (Å²) < 4.78 is 5.71. The zero-order valence-corrected chi connectivity index (χ0v) is 11.1. The summed E-state index contributed by atoms with van der Waals surface area (Å²) in [5.41, 5.74) is 1.38. The maximum atomic E-state index is 12.1. The van der Waals surface area contributed by atoms with E-state index in [1.807, 2.05) is 19.9 Å². The molecule has 1 amide bonds. The van der Waals surface area contributed by atoms with Crippen molar-refractivity contribution in [1.29, 1.82) is 0 Å². The lowest BCUT2D eigenvalue weighted by Gasteiger charge is -2.12. The molecule has 0 saturated heterocycles. The molecule has 0 aromatic heterocycles. The van der Waals surface area contributed by atoms with Crippen molar-refractivity contribution in [1.82, 2.24) is 5.32 Å². The van der Waals surface area contributed by atoms with E-state index in [9.17, 15) is 9.59 Å². The second-order valence-corrected chi connectivity index (χ2v) is 4.87. The Kier molecular flexibility index (Phi) is 3.46. The molecule has 2 rings (SSSR count). The number of amides is 1. The number of rotatable bonds is 3. The van der Waals surface area contributed by atoms with E-state index in [2.05, 4.69) is 5.32 Å². The summed E-state index contributed by atoms with van der Waals surface area (Å²) >= 11 is 0. The van der Waals surface area contributed by atoms with E-state index >= 15 is 0 Å². The standard InChI is InChI=1S/C14H17NO4/c1-7-9(3)19-12-10(7)5-4-6-11(12)13(16)15-8(2)14(17)18/h4-9H,1-3H3,(H,15,16)(H,17,18)/t7?,8-,9?/m1/s1. The first-order valence-corrected chi connectivity index (χ1v) is 6.25. The molecule has 0 spiro atoms. The third-order valence-electron chi connectivity index (χ3n) is 3.51. The number of para-hydroxylation sites is 1. The van der Waals surface area contributed by atoms with Gasteiger partial charge in [-0.1, -0.05) is 19.1 Å². The van der Waals surface area contributed by atoms with Crippen molar-refractivity contribution in [3.05, 3.63) is 29.3 Å². The number of carbonyl (C=O) groups excluding carboxylic acids is 1. The Morgan fingerprint density at radius 1 is 1.37 bits per heavy atom. The highest BCUT2D eigenvalue weighted by molar-refractivity contribution is 5.99. The summed E-state index contributed by atoms with van der Waals surface area (Å²) in [4.78, 5) is 22.8. The molecule has 0 aliphatic carbocycles. The molecule has 1 aromatic rings. The lowest BCUT2D eigenvalue weighted by atomic mass is 9.97. The molecule has 5 nitrogen and oxygen atoms in total. The number of hydrogen-bond acceptors (Lipinski definition) is 3. The third kappa shape index (κ3) is 2.41. The predicted octanol–water partition coefficient (Wildman–Crippen LogP) is 1.77. The Balaban J connectivity index is 2.28. The van der Waals surface area contributed by atoms with Crippen LogP contribution in [-0.2, 0) is 4.79 Å². The largest absolute Gasteiger partial charge is 0.489 e. The fraction of sp³-hybridized carbons (Fsp3) is 0.429. The van der Waals surface area contributed by atoms with Gasteiger partial charge in [0.05, 0.1) is 5.56 Å². The molecule has 0 radical (unpaired) electrons. The molecule has 0 saturated carbocycles. The number of ether oxygens (including phenoxy) is 1. The van der Waals surface area contributed by atoms with Gasteiger partial charge in [0, 0.05) is 11.5 Å². The summed E-state index contributed by atoms with van der Waals surface area (Å²) in [6.45, 7) is 5.42. The molecule has 2 N–H and O–H groups in total. The molecule has 2 unspecified atom stereocenters. The zero-order valence-electron chi connectivity index (χ0n) is 11.1. The van der Waals surface area contributed by atoms with E-state index in [0.717, 1.165) is 5.56 Å². The van der Waals surface area contributed by atoms with E-state index in [4.69, 9.17) is 9.84 Å². The van der Waals surface area contributed by atoms with Crippen LogP contribution in [0.1, 0.15) is 42.6 Å². The van der Waals surface area contributed by atoms with E-state index in [1.165, 1.54) is 6.92 Å². The first-order valence-electron chi connectivity index (χ1n) is 6.25. The number of carbonyl (C=O) groups is 2. The minimum atomic E-state index is -1.07. The molecule has 19 heavy (non-hydrogen) atoms. The van der Waals surface area contributed by atoms with E-state index in [-0.39, 0.29) is 12.0 Å². The summed E-state index contributed by atoms with van der Waals surface area (Å²) in [6, 6.07) is 4.44. The fourth-order valence-electron chi connectivity index (χ4n) is 2.10. The van der Waals surface area contributed by atoms with Gasteiger partial charge in [-0.05, 0) is 19.9 Å². The van der Waals surface area contributed by atoms with Crippen LogP contribution in [0.15, 0.2) is 18.2 Å². The van der Waals surface area contributed by atoms with Crippen LogP contribution in [0.5, 0.6) is 5.75 Å². The molecule has 0 fully saturated rings. The van der Waals surface area contributed by atoms with E-state index in [1.54, 1.807) is 12.1 Å². The SMILES string of the molecule is CC1Oc2c(C(=O)N[C@H](C)C(=O)O)cccc2C1C. The van der Waals surface area contributed by atoms with Crippen LogP contribution in [0, 0.1) is 0 Å². The van der Waals surface area contributed by atoms with Gasteiger partial charge in [-0.3, -0.25) is 9.59 Å². The van der Waals surface area contributed by atoms with Crippen LogP contribution in [0.4, 0.5) is 0 Å². The number of fused-ring (bicyclic) bond motifs is 1. The number of hydrogen-bond donors (Lipinski definition) is 2. The van der Waals surface area contributed by atoms with Gasteiger partial charge in [-0.25, -0.2) is 0 Å². The number of aliphatic carboxylic acids is 1. The first kappa shape index (κ1) is 13.4. The monoisotopic (exact) mass is 263 g/mol. The first-order chi connectivity index (χ1) is 8.91. The third-order valence-corrected chi connectivity index (χ3v) is 3.51. The Bertz CT molecular complexity index is 526.